The molecule has 0 fully saturated rings. The highest BCUT2D eigenvalue weighted by atomic mass is 35.5. The first-order chi connectivity index (χ1) is 8.15. The SMILES string of the molecule is Cn1nccc1CCNc1cc(F)cc(Cl)c1. The Morgan fingerprint density at radius 1 is 1.41 bits per heavy atom. The molecule has 0 atom stereocenters. The van der Waals surface area contributed by atoms with Crippen molar-refractivity contribution in [3.8, 4) is 0 Å². The van der Waals surface area contributed by atoms with Crippen molar-refractivity contribution < 1.29 is 4.39 Å². The Labute approximate surface area is 104 Å². The molecule has 0 radical (unpaired) electrons. The van der Waals surface area contributed by atoms with E-state index in [0.717, 1.165) is 12.1 Å². The normalized spacial score (nSPS) is 10.5. The van der Waals surface area contributed by atoms with Crippen LogP contribution in [0.2, 0.25) is 5.02 Å². The summed E-state index contributed by atoms with van der Waals surface area (Å²) in [6.07, 6.45) is 2.58. The van der Waals surface area contributed by atoms with E-state index in [9.17, 15) is 4.39 Å². The molecule has 90 valence electrons. The lowest BCUT2D eigenvalue weighted by molar-refractivity contribution is 0.628. The van der Waals surface area contributed by atoms with Gasteiger partial charge in [-0.05, 0) is 24.3 Å². The molecule has 0 spiro atoms. The minimum atomic E-state index is -0.333. The number of anilines is 1. The maximum Gasteiger partial charge on any atom is 0.126 e. The Bertz CT molecular complexity index is 490. The topological polar surface area (TPSA) is 29.9 Å². The third-order valence-corrected chi connectivity index (χ3v) is 2.71. The van der Waals surface area contributed by atoms with Gasteiger partial charge in [0.25, 0.3) is 0 Å². The summed E-state index contributed by atoms with van der Waals surface area (Å²) in [6, 6.07) is 6.37. The summed E-state index contributed by atoms with van der Waals surface area (Å²) in [5, 5.41) is 7.60. The van der Waals surface area contributed by atoms with Crippen LogP contribution in [0.5, 0.6) is 0 Å². The van der Waals surface area contributed by atoms with Gasteiger partial charge in [-0.25, -0.2) is 4.39 Å². The standard InChI is InChI=1S/C12H13ClFN3/c1-17-12(3-5-16-17)2-4-15-11-7-9(13)6-10(14)8-11/h3,5-8,15H,2,4H2,1H3. The fraction of sp³-hybridized carbons (Fsp3) is 0.250. The van der Waals surface area contributed by atoms with Crippen molar-refractivity contribution in [2.75, 3.05) is 11.9 Å². The molecule has 0 amide bonds. The zero-order valence-corrected chi connectivity index (χ0v) is 10.2. The largest absolute Gasteiger partial charge is 0.385 e. The van der Waals surface area contributed by atoms with Crippen LogP contribution < -0.4 is 5.32 Å². The molecule has 3 nitrogen and oxygen atoms in total. The lowest BCUT2D eigenvalue weighted by atomic mass is 10.2. The van der Waals surface area contributed by atoms with Crippen molar-refractivity contribution in [1.82, 2.24) is 9.78 Å². The summed E-state index contributed by atoms with van der Waals surface area (Å²) in [6.45, 7) is 0.708. The number of benzene rings is 1. The number of aromatic nitrogens is 2. The van der Waals surface area contributed by atoms with E-state index in [0.29, 0.717) is 17.3 Å². The third-order valence-electron chi connectivity index (χ3n) is 2.50. The van der Waals surface area contributed by atoms with Gasteiger partial charge < -0.3 is 5.32 Å². The highest BCUT2D eigenvalue weighted by molar-refractivity contribution is 6.30. The average Bonchev–Trinajstić information content (AvgIpc) is 2.63. The van der Waals surface area contributed by atoms with Crippen LogP contribution in [0.25, 0.3) is 0 Å². The molecule has 0 bridgehead atoms. The van der Waals surface area contributed by atoms with Gasteiger partial charge in [0.05, 0.1) is 0 Å². The fourth-order valence-corrected chi connectivity index (χ4v) is 1.86. The van der Waals surface area contributed by atoms with Gasteiger partial charge in [-0.3, -0.25) is 4.68 Å². The number of rotatable bonds is 4. The van der Waals surface area contributed by atoms with E-state index in [2.05, 4.69) is 10.4 Å². The van der Waals surface area contributed by atoms with Crippen LogP contribution in [0.3, 0.4) is 0 Å². The summed E-state index contributed by atoms with van der Waals surface area (Å²) in [4.78, 5) is 0. The summed E-state index contributed by atoms with van der Waals surface area (Å²) < 4.78 is 14.9. The van der Waals surface area contributed by atoms with Gasteiger partial charge in [-0.2, -0.15) is 5.10 Å². The second-order valence-electron chi connectivity index (χ2n) is 3.78. The number of nitrogens with zero attached hydrogens (tertiary/aromatic N) is 2. The molecule has 0 unspecified atom stereocenters. The molecular weight excluding hydrogens is 241 g/mol. The monoisotopic (exact) mass is 253 g/mol. The van der Waals surface area contributed by atoms with Gasteiger partial charge in [0, 0.05) is 42.6 Å². The van der Waals surface area contributed by atoms with Gasteiger partial charge in [-0.15, -0.1) is 0 Å². The van der Waals surface area contributed by atoms with Gasteiger partial charge in [0.15, 0.2) is 0 Å². The Morgan fingerprint density at radius 2 is 2.24 bits per heavy atom. The highest BCUT2D eigenvalue weighted by Crippen LogP contribution is 2.17. The van der Waals surface area contributed by atoms with E-state index in [1.54, 1.807) is 12.3 Å². The van der Waals surface area contributed by atoms with Crippen molar-refractivity contribution in [1.29, 1.82) is 0 Å². The summed E-state index contributed by atoms with van der Waals surface area (Å²) in [5.74, 6) is -0.333. The molecule has 2 aromatic rings. The third kappa shape index (κ3) is 3.20. The number of hydrogen-bond acceptors (Lipinski definition) is 2. The Morgan fingerprint density at radius 3 is 2.88 bits per heavy atom. The highest BCUT2D eigenvalue weighted by Gasteiger charge is 2.00. The van der Waals surface area contributed by atoms with E-state index >= 15 is 0 Å². The first kappa shape index (κ1) is 11.9. The van der Waals surface area contributed by atoms with Gasteiger partial charge in [0.1, 0.15) is 5.82 Å². The molecule has 0 saturated carbocycles. The average molecular weight is 254 g/mol. The predicted octanol–water partition coefficient (Wildman–Crippen LogP) is 2.87. The molecule has 0 aliphatic rings. The molecule has 1 aromatic carbocycles. The van der Waals surface area contributed by atoms with E-state index < -0.39 is 0 Å². The minimum Gasteiger partial charge on any atom is -0.385 e. The Kier molecular flexibility index (Phi) is 3.64. The summed E-state index contributed by atoms with van der Waals surface area (Å²) in [7, 11) is 1.90. The van der Waals surface area contributed by atoms with Crippen molar-refractivity contribution >= 4 is 17.3 Å². The molecule has 0 aliphatic heterocycles. The van der Waals surface area contributed by atoms with Gasteiger partial charge in [0.2, 0.25) is 0 Å². The molecular formula is C12H13ClFN3. The zero-order valence-electron chi connectivity index (χ0n) is 9.45. The second-order valence-corrected chi connectivity index (χ2v) is 4.22. The maximum atomic E-state index is 13.1. The van der Waals surface area contributed by atoms with Crippen LogP contribution in [0.15, 0.2) is 30.5 Å². The Hall–Kier alpha value is -1.55. The van der Waals surface area contributed by atoms with Crippen LogP contribution in [0, 0.1) is 5.82 Å². The fourth-order valence-electron chi connectivity index (χ4n) is 1.64. The van der Waals surface area contributed by atoms with Crippen molar-refractivity contribution in [3.05, 3.63) is 47.0 Å². The van der Waals surface area contributed by atoms with Gasteiger partial charge >= 0.3 is 0 Å². The van der Waals surface area contributed by atoms with Crippen LogP contribution in [-0.2, 0) is 13.5 Å². The van der Waals surface area contributed by atoms with Crippen LogP contribution in [0.1, 0.15) is 5.69 Å². The van der Waals surface area contributed by atoms with E-state index in [4.69, 9.17) is 11.6 Å². The lowest BCUT2D eigenvalue weighted by Gasteiger charge is -2.07. The van der Waals surface area contributed by atoms with Crippen molar-refractivity contribution in [2.45, 2.75) is 6.42 Å². The molecule has 0 aliphatic carbocycles. The first-order valence-electron chi connectivity index (χ1n) is 5.32. The molecule has 1 N–H and O–H groups in total. The predicted molar refractivity (Wildman–Crippen MR) is 66.8 cm³/mol. The van der Waals surface area contributed by atoms with Crippen molar-refractivity contribution in [2.24, 2.45) is 7.05 Å². The van der Waals surface area contributed by atoms with E-state index in [-0.39, 0.29) is 5.82 Å². The second kappa shape index (κ2) is 5.19. The molecule has 2 rings (SSSR count). The van der Waals surface area contributed by atoms with Gasteiger partial charge in [-0.1, -0.05) is 11.6 Å². The van der Waals surface area contributed by atoms with Crippen LogP contribution in [0.4, 0.5) is 10.1 Å². The van der Waals surface area contributed by atoms with Crippen molar-refractivity contribution in [3.63, 3.8) is 0 Å². The maximum absolute atomic E-state index is 13.1. The molecule has 1 aromatic heterocycles. The van der Waals surface area contributed by atoms with E-state index in [1.165, 1.54) is 12.1 Å². The molecule has 0 saturated heterocycles. The van der Waals surface area contributed by atoms with Crippen LogP contribution in [-0.4, -0.2) is 16.3 Å². The quantitative estimate of drug-likeness (QED) is 0.908. The first-order valence-corrected chi connectivity index (χ1v) is 5.70. The summed E-state index contributed by atoms with van der Waals surface area (Å²) in [5.41, 5.74) is 1.82. The number of aryl methyl sites for hydroxylation is 1. The summed E-state index contributed by atoms with van der Waals surface area (Å²) >= 11 is 5.76. The number of hydrogen-bond donors (Lipinski definition) is 1. The smallest absolute Gasteiger partial charge is 0.126 e. The Balaban J connectivity index is 1.92. The number of halogens is 2. The van der Waals surface area contributed by atoms with E-state index in [1.807, 2.05) is 17.8 Å². The number of nitrogens with one attached hydrogen (secondary N) is 1. The lowest BCUT2D eigenvalue weighted by Crippen LogP contribution is -2.08. The molecule has 1 heterocycles. The minimum absolute atomic E-state index is 0.333. The molecule has 17 heavy (non-hydrogen) atoms. The van der Waals surface area contributed by atoms with Crippen LogP contribution >= 0.6 is 11.6 Å². The molecule has 5 heteroatoms. The zero-order chi connectivity index (χ0) is 12.3.